The highest BCUT2D eigenvalue weighted by molar-refractivity contribution is 5.87. The maximum atomic E-state index is 14.2. The number of benzene rings is 1. The van der Waals surface area contributed by atoms with Crippen LogP contribution in [0.4, 0.5) is 10.2 Å². The van der Waals surface area contributed by atoms with E-state index in [1.165, 1.54) is 6.07 Å². The van der Waals surface area contributed by atoms with E-state index < -0.39 is 0 Å². The summed E-state index contributed by atoms with van der Waals surface area (Å²) in [6.07, 6.45) is 1.73. The van der Waals surface area contributed by atoms with Crippen LogP contribution in [0.25, 0.3) is 11.0 Å². The van der Waals surface area contributed by atoms with Crippen molar-refractivity contribution in [1.82, 2.24) is 14.8 Å². The van der Waals surface area contributed by atoms with Crippen LogP contribution >= 0.6 is 0 Å². The molecule has 4 nitrogen and oxygen atoms in total. The summed E-state index contributed by atoms with van der Waals surface area (Å²) in [5.41, 5.74) is 1.37. The fourth-order valence-electron chi connectivity index (χ4n) is 3.08. The first-order valence-electron chi connectivity index (χ1n) is 7.07. The van der Waals surface area contributed by atoms with E-state index in [9.17, 15) is 4.39 Å². The minimum Gasteiger partial charge on any atom is -0.369 e. The molecule has 0 bridgehead atoms. The van der Waals surface area contributed by atoms with Crippen LogP contribution in [-0.2, 0) is 0 Å². The molecule has 0 saturated carbocycles. The number of aromatic nitrogens is 3. The van der Waals surface area contributed by atoms with Crippen molar-refractivity contribution in [3.8, 4) is 0 Å². The summed E-state index contributed by atoms with van der Waals surface area (Å²) in [6, 6.07) is 10.7. The van der Waals surface area contributed by atoms with E-state index in [-0.39, 0.29) is 17.8 Å². The predicted molar refractivity (Wildman–Crippen MR) is 79.7 cm³/mol. The highest BCUT2D eigenvalue weighted by Crippen LogP contribution is 2.37. The van der Waals surface area contributed by atoms with Gasteiger partial charge in [0.25, 0.3) is 0 Å². The molecule has 0 amide bonds. The number of halogens is 1. The molecule has 1 aliphatic rings. The Bertz CT molecular complexity index is 811. The number of hydrogen-bond donors (Lipinski definition) is 1. The Hall–Kier alpha value is -2.43. The highest BCUT2D eigenvalue weighted by atomic mass is 19.1. The second kappa shape index (κ2) is 4.55. The summed E-state index contributed by atoms with van der Waals surface area (Å²) < 4.78 is 16.1. The van der Waals surface area contributed by atoms with Crippen molar-refractivity contribution in [2.45, 2.75) is 13.0 Å². The SMILES string of the molecule is CC1CNc2c3cccnc3nn2C1c1ccccc1F. The van der Waals surface area contributed by atoms with Crippen molar-refractivity contribution < 1.29 is 4.39 Å². The molecule has 2 unspecified atom stereocenters. The summed E-state index contributed by atoms with van der Waals surface area (Å²) in [5, 5.41) is 8.95. The van der Waals surface area contributed by atoms with Gasteiger partial charge in [0.05, 0.1) is 11.4 Å². The lowest BCUT2D eigenvalue weighted by molar-refractivity contribution is 0.363. The molecule has 0 spiro atoms. The maximum Gasteiger partial charge on any atom is 0.183 e. The van der Waals surface area contributed by atoms with Crippen molar-refractivity contribution in [3.05, 3.63) is 54.0 Å². The van der Waals surface area contributed by atoms with Gasteiger partial charge in [0.1, 0.15) is 11.6 Å². The van der Waals surface area contributed by atoms with Crippen molar-refractivity contribution >= 4 is 16.9 Å². The second-order valence-corrected chi connectivity index (χ2v) is 5.49. The summed E-state index contributed by atoms with van der Waals surface area (Å²) in [5.74, 6) is 0.975. The van der Waals surface area contributed by atoms with Gasteiger partial charge in [-0.2, -0.15) is 0 Å². The van der Waals surface area contributed by atoms with Gasteiger partial charge in [-0.15, -0.1) is 5.10 Å². The van der Waals surface area contributed by atoms with Gasteiger partial charge in [-0.25, -0.2) is 14.1 Å². The third-order valence-electron chi connectivity index (χ3n) is 4.09. The van der Waals surface area contributed by atoms with Gasteiger partial charge in [-0.3, -0.25) is 0 Å². The monoisotopic (exact) mass is 282 g/mol. The number of anilines is 1. The molecule has 3 aromatic rings. The summed E-state index contributed by atoms with van der Waals surface area (Å²) in [4.78, 5) is 4.30. The normalized spacial score (nSPS) is 21.0. The first-order chi connectivity index (χ1) is 10.3. The Morgan fingerprint density at radius 2 is 2.10 bits per heavy atom. The predicted octanol–water partition coefficient (Wildman–Crippen LogP) is 3.22. The average molecular weight is 282 g/mol. The molecule has 3 heterocycles. The van der Waals surface area contributed by atoms with Gasteiger partial charge < -0.3 is 5.32 Å². The Morgan fingerprint density at radius 3 is 2.95 bits per heavy atom. The summed E-state index contributed by atoms with van der Waals surface area (Å²) in [6.45, 7) is 2.89. The number of pyridine rings is 1. The second-order valence-electron chi connectivity index (χ2n) is 5.49. The van der Waals surface area contributed by atoms with E-state index in [2.05, 4.69) is 22.3 Å². The fourth-order valence-corrected chi connectivity index (χ4v) is 3.08. The van der Waals surface area contributed by atoms with Crippen molar-refractivity contribution in [2.75, 3.05) is 11.9 Å². The minimum atomic E-state index is -0.185. The molecule has 0 saturated heterocycles. The number of nitrogens with zero attached hydrogens (tertiary/aromatic N) is 3. The van der Waals surface area contributed by atoms with E-state index in [1.54, 1.807) is 12.3 Å². The molecule has 1 N–H and O–H groups in total. The standard InChI is InChI=1S/C16H15FN4/c1-10-9-19-16-12-6-4-8-18-15(12)20-21(16)14(10)11-5-2-3-7-13(11)17/h2-8,10,14,19H,9H2,1H3. The van der Waals surface area contributed by atoms with Crippen LogP contribution in [0, 0.1) is 11.7 Å². The van der Waals surface area contributed by atoms with E-state index in [4.69, 9.17) is 0 Å². The lowest BCUT2D eigenvalue weighted by Crippen LogP contribution is -2.32. The molecule has 21 heavy (non-hydrogen) atoms. The van der Waals surface area contributed by atoms with E-state index in [0.717, 1.165) is 17.7 Å². The van der Waals surface area contributed by atoms with Gasteiger partial charge in [-0.1, -0.05) is 25.1 Å². The van der Waals surface area contributed by atoms with Gasteiger partial charge in [0.15, 0.2) is 5.65 Å². The van der Waals surface area contributed by atoms with Crippen molar-refractivity contribution in [3.63, 3.8) is 0 Å². The van der Waals surface area contributed by atoms with Crippen molar-refractivity contribution in [1.29, 1.82) is 0 Å². The quantitative estimate of drug-likeness (QED) is 0.745. The topological polar surface area (TPSA) is 42.7 Å². The van der Waals surface area contributed by atoms with Crippen LogP contribution in [-0.4, -0.2) is 21.3 Å². The number of nitrogens with one attached hydrogen (secondary N) is 1. The first-order valence-corrected chi connectivity index (χ1v) is 7.07. The van der Waals surface area contributed by atoms with Gasteiger partial charge >= 0.3 is 0 Å². The van der Waals surface area contributed by atoms with E-state index >= 15 is 0 Å². The van der Waals surface area contributed by atoms with Crippen LogP contribution < -0.4 is 5.32 Å². The van der Waals surface area contributed by atoms with Crippen LogP contribution in [0.2, 0.25) is 0 Å². The Morgan fingerprint density at radius 1 is 1.24 bits per heavy atom. The molecule has 1 aliphatic heterocycles. The highest BCUT2D eigenvalue weighted by Gasteiger charge is 2.31. The molecule has 5 heteroatoms. The number of hydrogen-bond acceptors (Lipinski definition) is 3. The molecular formula is C16H15FN4. The van der Waals surface area contributed by atoms with Crippen LogP contribution in [0.15, 0.2) is 42.6 Å². The molecule has 2 aromatic heterocycles. The van der Waals surface area contributed by atoms with Gasteiger partial charge in [0.2, 0.25) is 0 Å². The smallest absolute Gasteiger partial charge is 0.183 e. The zero-order chi connectivity index (χ0) is 14.4. The molecule has 0 aliphatic carbocycles. The zero-order valence-corrected chi connectivity index (χ0v) is 11.6. The maximum absolute atomic E-state index is 14.2. The number of rotatable bonds is 1. The Kier molecular flexibility index (Phi) is 2.67. The minimum absolute atomic E-state index is 0.114. The number of fused-ring (bicyclic) bond motifs is 3. The van der Waals surface area contributed by atoms with Crippen LogP contribution in [0.5, 0.6) is 0 Å². The lowest BCUT2D eigenvalue weighted by atomic mass is 9.92. The zero-order valence-electron chi connectivity index (χ0n) is 11.6. The third kappa shape index (κ3) is 1.81. The molecule has 2 atom stereocenters. The summed E-state index contributed by atoms with van der Waals surface area (Å²) in [7, 11) is 0. The largest absolute Gasteiger partial charge is 0.369 e. The van der Waals surface area contributed by atoms with Crippen molar-refractivity contribution in [2.24, 2.45) is 5.92 Å². The Balaban J connectivity index is 1.95. The average Bonchev–Trinajstić information content (AvgIpc) is 2.87. The van der Waals surface area contributed by atoms with Crippen LogP contribution in [0.1, 0.15) is 18.5 Å². The molecule has 106 valence electrons. The van der Waals surface area contributed by atoms with E-state index in [0.29, 0.717) is 11.2 Å². The van der Waals surface area contributed by atoms with Crippen LogP contribution in [0.3, 0.4) is 0 Å². The molecule has 0 fully saturated rings. The molecule has 0 radical (unpaired) electrons. The molecular weight excluding hydrogens is 267 g/mol. The Labute approximate surface area is 121 Å². The first kappa shape index (κ1) is 12.3. The van der Waals surface area contributed by atoms with Gasteiger partial charge in [-0.05, 0) is 18.2 Å². The fraction of sp³-hybridized carbons (Fsp3) is 0.250. The van der Waals surface area contributed by atoms with E-state index in [1.807, 2.05) is 28.9 Å². The van der Waals surface area contributed by atoms with Gasteiger partial charge in [0, 0.05) is 24.2 Å². The lowest BCUT2D eigenvalue weighted by Gasteiger charge is -2.32. The molecule has 4 rings (SSSR count). The summed E-state index contributed by atoms with van der Waals surface area (Å²) >= 11 is 0. The third-order valence-corrected chi connectivity index (χ3v) is 4.09. The molecule has 1 aromatic carbocycles.